The van der Waals surface area contributed by atoms with Crippen molar-refractivity contribution < 1.29 is 4.74 Å². The zero-order valence-corrected chi connectivity index (χ0v) is 10.4. The van der Waals surface area contributed by atoms with E-state index in [0.717, 1.165) is 24.3 Å². The zero-order valence-electron chi connectivity index (χ0n) is 10.4. The summed E-state index contributed by atoms with van der Waals surface area (Å²) >= 11 is 0. The first-order chi connectivity index (χ1) is 9.40. The van der Waals surface area contributed by atoms with Gasteiger partial charge in [-0.1, -0.05) is 30.4 Å². The second kappa shape index (κ2) is 3.18. The number of allylic oxidation sites excluding steroid dienone is 1. The lowest BCUT2D eigenvalue weighted by atomic mass is 9.91. The van der Waals surface area contributed by atoms with E-state index in [1.807, 2.05) is 6.07 Å². The third-order valence-corrected chi connectivity index (χ3v) is 4.24. The van der Waals surface area contributed by atoms with E-state index in [1.165, 1.54) is 32.7 Å². The van der Waals surface area contributed by atoms with Crippen LogP contribution in [0.2, 0.25) is 0 Å². The molecule has 0 aromatic heterocycles. The maximum atomic E-state index is 5.86. The highest BCUT2D eigenvalue weighted by molar-refractivity contribution is 6.11. The molecule has 0 unspecified atom stereocenters. The van der Waals surface area contributed by atoms with Gasteiger partial charge in [-0.15, -0.1) is 0 Å². The van der Waals surface area contributed by atoms with Gasteiger partial charge in [0.05, 0.1) is 5.39 Å². The van der Waals surface area contributed by atoms with Gasteiger partial charge in [0.25, 0.3) is 0 Å². The summed E-state index contributed by atoms with van der Waals surface area (Å²) in [5.41, 5.74) is 2.80. The van der Waals surface area contributed by atoms with Gasteiger partial charge in [0.1, 0.15) is 11.5 Å². The summed E-state index contributed by atoms with van der Waals surface area (Å²) in [5.74, 6) is 2.08. The number of fused-ring (bicyclic) bond motifs is 3. The molecule has 90 valence electrons. The molecule has 2 aliphatic rings. The molecular formula is C18H12O. The van der Waals surface area contributed by atoms with E-state index < -0.39 is 0 Å². The van der Waals surface area contributed by atoms with E-state index >= 15 is 0 Å². The number of benzene rings is 3. The van der Waals surface area contributed by atoms with Crippen LogP contribution in [0.3, 0.4) is 0 Å². The normalized spacial score (nSPS) is 15.2. The predicted molar refractivity (Wildman–Crippen MR) is 78.9 cm³/mol. The lowest BCUT2D eigenvalue weighted by Gasteiger charge is -2.24. The number of aryl methyl sites for hydroxylation is 1. The Morgan fingerprint density at radius 3 is 3.00 bits per heavy atom. The highest BCUT2D eigenvalue weighted by atomic mass is 16.5. The van der Waals surface area contributed by atoms with Crippen molar-refractivity contribution in [2.24, 2.45) is 0 Å². The predicted octanol–water partition coefficient (Wildman–Crippen LogP) is 5.06. The molecule has 1 nitrogen and oxygen atoms in total. The first kappa shape index (κ1) is 9.62. The molecule has 19 heavy (non-hydrogen) atoms. The Kier molecular flexibility index (Phi) is 1.61. The molecule has 0 bridgehead atoms. The van der Waals surface area contributed by atoms with Crippen LogP contribution in [0.4, 0.5) is 0 Å². The maximum Gasteiger partial charge on any atom is 0.146 e. The minimum absolute atomic E-state index is 1.02. The first-order valence-corrected chi connectivity index (χ1v) is 6.77. The molecule has 1 heteroatoms. The van der Waals surface area contributed by atoms with Gasteiger partial charge < -0.3 is 4.74 Å². The average molecular weight is 244 g/mol. The molecule has 1 aliphatic carbocycles. The maximum absolute atomic E-state index is 5.86. The van der Waals surface area contributed by atoms with Crippen molar-refractivity contribution in [1.82, 2.24) is 0 Å². The van der Waals surface area contributed by atoms with Crippen molar-refractivity contribution in [1.29, 1.82) is 0 Å². The Hall–Kier alpha value is -2.28. The van der Waals surface area contributed by atoms with Crippen molar-refractivity contribution in [2.75, 3.05) is 0 Å². The molecule has 0 saturated heterocycles. The van der Waals surface area contributed by atoms with Crippen LogP contribution in [0.1, 0.15) is 17.5 Å². The van der Waals surface area contributed by atoms with Crippen LogP contribution in [-0.2, 0) is 6.42 Å². The average Bonchev–Trinajstić information content (AvgIpc) is 2.41. The van der Waals surface area contributed by atoms with Crippen molar-refractivity contribution in [3.8, 4) is 11.5 Å². The summed E-state index contributed by atoms with van der Waals surface area (Å²) in [6.45, 7) is 0. The molecule has 0 N–H and O–H groups in total. The fourth-order valence-electron chi connectivity index (χ4n) is 3.29. The summed E-state index contributed by atoms with van der Waals surface area (Å²) in [4.78, 5) is 0. The quantitative estimate of drug-likeness (QED) is 0.393. The van der Waals surface area contributed by atoms with E-state index in [9.17, 15) is 0 Å². The van der Waals surface area contributed by atoms with Gasteiger partial charge in [-0.2, -0.15) is 0 Å². The molecule has 0 spiro atoms. The minimum Gasteiger partial charge on any atom is -0.455 e. The van der Waals surface area contributed by atoms with Gasteiger partial charge in [0.15, 0.2) is 0 Å². The van der Waals surface area contributed by atoms with E-state index in [0.29, 0.717) is 0 Å². The zero-order chi connectivity index (χ0) is 12.4. The Morgan fingerprint density at radius 2 is 2.00 bits per heavy atom. The second-order valence-electron chi connectivity index (χ2n) is 5.38. The molecular weight excluding hydrogens is 232 g/mol. The largest absolute Gasteiger partial charge is 0.455 e. The van der Waals surface area contributed by atoms with Crippen LogP contribution in [0, 0.1) is 0 Å². The topological polar surface area (TPSA) is 9.23 Å². The van der Waals surface area contributed by atoms with Crippen LogP contribution in [0.15, 0.2) is 42.5 Å². The van der Waals surface area contributed by atoms with E-state index in [2.05, 4.69) is 42.5 Å². The molecule has 3 aromatic rings. The number of hydrogen-bond donors (Lipinski definition) is 0. The van der Waals surface area contributed by atoms with Crippen molar-refractivity contribution in [2.45, 2.75) is 12.8 Å². The summed E-state index contributed by atoms with van der Waals surface area (Å²) in [5, 5.41) is 5.12. The molecule has 1 heterocycles. The van der Waals surface area contributed by atoms with Gasteiger partial charge in [0, 0.05) is 5.39 Å². The molecule has 0 radical (unpaired) electrons. The lowest BCUT2D eigenvalue weighted by molar-refractivity contribution is 0.467. The summed E-state index contributed by atoms with van der Waals surface area (Å²) in [6, 6.07) is 13.2. The number of ether oxygens (including phenoxy) is 1. The third kappa shape index (κ3) is 1.15. The molecule has 0 atom stereocenters. The Bertz CT molecular complexity index is 887. The van der Waals surface area contributed by atoms with Gasteiger partial charge in [-0.3, -0.25) is 0 Å². The fourth-order valence-corrected chi connectivity index (χ4v) is 3.29. The van der Waals surface area contributed by atoms with E-state index in [-0.39, 0.29) is 0 Å². The van der Waals surface area contributed by atoms with Gasteiger partial charge in [-0.05, 0) is 52.9 Å². The van der Waals surface area contributed by atoms with Crippen molar-refractivity contribution in [3.05, 3.63) is 53.6 Å². The lowest BCUT2D eigenvalue weighted by Crippen LogP contribution is -2.00. The van der Waals surface area contributed by atoms with Gasteiger partial charge in [-0.25, -0.2) is 0 Å². The van der Waals surface area contributed by atoms with Crippen LogP contribution in [0.5, 0.6) is 11.5 Å². The van der Waals surface area contributed by atoms with Crippen LogP contribution < -0.4 is 4.74 Å². The summed E-state index contributed by atoms with van der Waals surface area (Å²) in [7, 11) is 0. The monoisotopic (exact) mass is 244 g/mol. The first-order valence-electron chi connectivity index (χ1n) is 6.77. The third-order valence-electron chi connectivity index (χ3n) is 4.24. The Labute approximate surface area is 111 Å². The van der Waals surface area contributed by atoms with Crippen LogP contribution in [0.25, 0.3) is 27.6 Å². The molecule has 0 amide bonds. The number of rotatable bonds is 0. The Morgan fingerprint density at radius 1 is 1.00 bits per heavy atom. The van der Waals surface area contributed by atoms with Crippen LogP contribution >= 0.6 is 0 Å². The van der Waals surface area contributed by atoms with E-state index in [1.54, 1.807) is 0 Å². The molecule has 3 aromatic carbocycles. The number of hydrogen-bond acceptors (Lipinski definition) is 1. The van der Waals surface area contributed by atoms with Crippen LogP contribution in [-0.4, -0.2) is 0 Å². The summed E-state index contributed by atoms with van der Waals surface area (Å²) in [6.07, 6.45) is 6.79. The van der Waals surface area contributed by atoms with Gasteiger partial charge in [0.2, 0.25) is 0 Å². The highest BCUT2D eigenvalue weighted by Crippen LogP contribution is 2.50. The summed E-state index contributed by atoms with van der Waals surface area (Å²) < 4.78 is 5.86. The second-order valence-corrected chi connectivity index (χ2v) is 5.38. The van der Waals surface area contributed by atoms with Crippen molar-refractivity contribution in [3.63, 3.8) is 0 Å². The van der Waals surface area contributed by atoms with Gasteiger partial charge >= 0.3 is 0 Å². The smallest absolute Gasteiger partial charge is 0.146 e. The SMILES string of the molecule is C1=Cc2cc3c4c5c(cccc5cc3cc2CC1)O4. The minimum atomic E-state index is 1.02. The standard InChI is InChI=1S/C18H12O/c1-2-5-12-10-15-14(8-11(12)4-1)9-13-6-3-7-16-17(13)18(15)19-16/h2-3,5-10H,1,4H2. The molecule has 1 aliphatic heterocycles. The van der Waals surface area contributed by atoms with E-state index in [4.69, 9.17) is 4.74 Å². The molecule has 5 rings (SSSR count). The molecule has 0 saturated carbocycles. The highest BCUT2D eigenvalue weighted by Gasteiger charge is 2.22. The Balaban J connectivity index is 1.96. The molecule has 0 fully saturated rings. The fraction of sp³-hybridized carbons (Fsp3) is 0.111. The van der Waals surface area contributed by atoms with Crippen molar-refractivity contribution >= 4 is 27.6 Å².